The van der Waals surface area contributed by atoms with Crippen LogP contribution < -0.4 is 0 Å². The number of carboxylic acids is 1. The molecule has 7 heteroatoms. The number of rotatable bonds is 2. The van der Waals surface area contributed by atoms with Crippen molar-refractivity contribution in [3.8, 4) is 17.1 Å². The second kappa shape index (κ2) is 4.30. The first-order valence-electron chi connectivity index (χ1n) is 4.79. The Morgan fingerprint density at radius 2 is 2.17 bits per heavy atom. The van der Waals surface area contributed by atoms with Gasteiger partial charge >= 0.3 is 5.97 Å². The van der Waals surface area contributed by atoms with Crippen LogP contribution >= 0.6 is 11.6 Å². The molecule has 0 aliphatic carbocycles. The molecule has 2 N–H and O–H groups in total. The monoisotopic (exact) mass is 271 g/mol. The van der Waals surface area contributed by atoms with E-state index in [9.17, 15) is 14.3 Å². The van der Waals surface area contributed by atoms with E-state index in [1.807, 2.05) is 0 Å². The molecule has 0 saturated heterocycles. The molecular weight excluding hydrogens is 265 g/mol. The summed E-state index contributed by atoms with van der Waals surface area (Å²) in [5, 5.41) is 21.7. The minimum absolute atomic E-state index is 0.0139. The molecular formula is C11H7ClFNO4. The molecule has 0 fully saturated rings. The minimum Gasteiger partial charge on any atom is -0.504 e. The number of hydrogen-bond donors (Lipinski definition) is 2. The van der Waals surface area contributed by atoms with E-state index in [-0.39, 0.29) is 22.0 Å². The molecule has 94 valence electrons. The third kappa shape index (κ3) is 1.91. The average Bonchev–Trinajstić information content (AvgIpc) is 2.76. The van der Waals surface area contributed by atoms with Gasteiger partial charge in [-0.25, -0.2) is 9.18 Å². The highest BCUT2D eigenvalue weighted by molar-refractivity contribution is 6.31. The zero-order chi connectivity index (χ0) is 13.4. The van der Waals surface area contributed by atoms with Crippen molar-refractivity contribution in [3.63, 3.8) is 0 Å². The van der Waals surface area contributed by atoms with Crippen LogP contribution in [0.5, 0.6) is 5.75 Å². The van der Waals surface area contributed by atoms with Crippen molar-refractivity contribution in [3.05, 3.63) is 34.2 Å². The Kier molecular flexibility index (Phi) is 2.96. The number of aromatic hydroxyl groups is 1. The molecule has 0 radical (unpaired) electrons. The first kappa shape index (κ1) is 12.4. The lowest BCUT2D eigenvalue weighted by Gasteiger charge is -2.07. The van der Waals surface area contributed by atoms with Gasteiger partial charge in [0, 0.05) is 11.1 Å². The smallest absolute Gasteiger partial charge is 0.358 e. The molecule has 1 heterocycles. The Bertz CT molecular complexity index is 612. The van der Waals surface area contributed by atoms with Crippen molar-refractivity contribution in [2.24, 2.45) is 0 Å². The number of hydrogen-bond acceptors (Lipinski definition) is 4. The first-order valence-corrected chi connectivity index (χ1v) is 5.17. The van der Waals surface area contributed by atoms with Gasteiger partial charge in [-0.15, -0.1) is 0 Å². The molecule has 2 aromatic rings. The van der Waals surface area contributed by atoms with Crippen LogP contribution in [0.1, 0.15) is 16.1 Å². The zero-order valence-electron chi connectivity index (χ0n) is 9.07. The predicted octanol–water partition coefficient (Wildman–Crippen LogP) is 2.85. The van der Waals surface area contributed by atoms with Crippen molar-refractivity contribution in [2.45, 2.75) is 6.92 Å². The summed E-state index contributed by atoms with van der Waals surface area (Å²) in [4.78, 5) is 10.7. The number of benzene rings is 1. The maximum absolute atomic E-state index is 13.4. The number of phenolic OH excluding ortho intramolecular Hbond substituents is 1. The van der Waals surface area contributed by atoms with Gasteiger partial charge in [0.2, 0.25) is 0 Å². The van der Waals surface area contributed by atoms with Gasteiger partial charge in [0.05, 0.1) is 5.56 Å². The average molecular weight is 272 g/mol. The molecule has 0 saturated carbocycles. The first-order chi connectivity index (χ1) is 8.41. The fourth-order valence-corrected chi connectivity index (χ4v) is 1.69. The molecule has 5 nitrogen and oxygen atoms in total. The van der Waals surface area contributed by atoms with Crippen LogP contribution in [0.2, 0.25) is 5.02 Å². The van der Waals surface area contributed by atoms with Crippen LogP contribution in [0.25, 0.3) is 11.3 Å². The minimum atomic E-state index is -1.29. The Hall–Kier alpha value is -2.08. The Morgan fingerprint density at radius 3 is 2.72 bits per heavy atom. The predicted molar refractivity (Wildman–Crippen MR) is 60.3 cm³/mol. The topological polar surface area (TPSA) is 83.6 Å². The number of nitrogens with zero attached hydrogens (tertiary/aromatic N) is 1. The van der Waals surface area contributed by atoms with E-state index < -0.39 is 17.5 Å². The zero-order valence-corrected chi connectivity index (χ0v) is 9.82. The number of aromatic carboxylic acids is 1. The maximum atomic E-state index is 13.4. The standard InChI is InChI=1S/C11H7ClFNO4/c1-4-5(12)2-6(13)10(15)9(4)8-3-7(11(16)17)14-18-8/h2-3,15H,1H3,(H,16,17). The molecule has 0 spiro atoms. The second-order valence-electron chi connectivity index (χ2n) is 3.57. The summed E-state index contributed by atoms with van der Waals surface area (Å²) in [6.07, 6.45) is 0. The molecule has 18 heavy (non-hydrogen) atoms. The van der Waals surface area contributed by atoms with Gasteiger partial charge in [0.15, 0.2) is 23.0 Å². The quantitative estimate of drug-likeness (QED) is 0.877. The van der Waals surface area contributed by atoms with Gasteiger partial charge < -0.3 is 14.7 Å². The van der Waals surface area contributed by atoms with E-state index in [1.165, 1.54) is 0 Å². The lowest BCUT2D eigenvalue weighted by atomic mass is 10.0. The molecule has 1 aromatic heterocycles. The lowest BCUT2D eigenvalue weighted by molar-refractivity contribution is 0.0686. The van der Waals surface area contributed by atoms with Gasteiger partial charge in [0.25, 0.3) is 0 Å². The SMILES string of the molecule is Cc1c(Cl)cc(F)c(O)c1-c1cc(C(=O)O)no1. The molecule has 0 atom stereocenters. The van der Waals surface area contributed by atoms with Crippen molar-refractivity contribution in [1.82, 2.24) is 5.16 Å². The van der Waals surface area contributed by atoms with Crippen LogP contribution in [0, 0.1) is 12.7 Å². The van der Waals surface area contributed by atoms with Crippen molar-refractivity contribution in [2.75, 3.05) is 0 Å². The third-order valence-corrected chi connectivity index (χ3v) is 2.82. The van der Waals surface area contributed by atoms with E-state index in [2.05, 4.69) is 5.16 Å². The van der Waals surface area contributed by atoms with E-state index in [1.54, 1.807) is 6.92 Å². The molecule has 0 aliphatic rings. The van der Waals surface area contributed by atoms with Crippen molar-refractivity contribution < 1.29 is 23.9 Å². The number of halogens is 2. The number of phenols is 1. The van der Waals surface area contributed by atoms with Gasteiger partial charge in [0.1, 0.15) is 0 Å². The molecule has 0 aliphatic heterocycles. The maximum Gasteiger partial charge on any atom is 0.358 e. The lowest BCUT2D eigenvalue weighted by Crippen LogP contribution is -1.94. The van der Waals surface area contributed by atoms with Gasteiger partial charge in [-0.3, -0.25) is 0 Å². The van der Waals surface area contributed by atoms with Gasteiger partial charge in [-0.1, -0.05) is 16.8 Å². The second-order valence-corrected chi connectivity index (χ2v) is 3.98. The highest BCUT2D eigenvalue weighted by Gasteiger charge is 2.21. The third-order valence-electron chi connectivity index (χ3n) is 2.43. The van der Waals surface area contributed by atoms with E-state index >= 15 is 0 Å². The van der Waals surface area contributed by atoms with Crippen molar-refractivity contribution >= 4 is 17.6 Å². The largest absolute Gasteiger partial charge is 0.504 e. The number of aromatic nitrogens is 1. The van der Waals surface area contributed by atoms with Crippen LogP contribution in [0.3, 0.4) is 0 Å². The molecule has 2 rings (SSSR count). The normalized spacial score (nSPS) is 10.6. The summed E-state index contributed by atoms with van der Waals surface area (Å²) in [5.41, 5.74) is 0.00726. The Morgan fingerprint density at radius 1 is 1.50 bits per heavy atom. The fraction of sp³-hybridized carbons (Fsp3) is 0.0909. The summed E-state index contributed by atoms with van der Waals surface area (Å²) in [6.45, 7) is 1.54. The van der Waals surface area contributed by atoms with E-state index in [0.717, 1.165) is 12.1 Å². The van der Waals surface area contributed by atoms with Crippen LogP contribution in [0.15, 0.2) is 16.7 Å². The van der Waals surface area contributed by atoms with Crippen LogP contribution in [0.4, 0.5) is 4.39 Å². The van der Waals surface area contributed by atoms with Crippen LogP contribution in [-0.2, 0) is 0 Å². The summed E-state index contributed by atoms with van der Waals surface area (Å²) < 4.78 is 18.1. The molecule has 0 unspecified atom stereocenters. The molecule has 0 amide bonds. The summed E-state index contributed by atoms with van der Waals surface area (Å²) >= 11 is 5.78. The van der Waals surface area contributed by atoms with Gasteiger partial charge in [-0.2, -0.15) is 0 Å². The summed E-state index contributed by atoms with van der Waals surface area (Å²) in [6, 6.07) is 2.05. The Balaban J connectivity index is 2.66. The molecule has 0 bridgehead atoms. The number of carboxylic acid groups (broad SMARTS) is 1. The summed E-state index contributed by atoms with van der Waals surface area (Å²) in [5.74, 6) is -2.94. The summed E-state index contributed by atoms with van der Waals surface area (Å²) in [7, 11) is 0. The highest BCUT2D eigenvalue weighted by Crippen LogP contribution is 2.38. The highest BCUT2D eigenvalue weighted by atomic mass is 35.5. The Labute approximate surface area is 105 Å². The van der Waals surface area contributed by atoms with E-state index in [0.29, 0.717) is 5.56 Å². The number of carbonyl (C=O) groups is 1. The van der Waals surface area contributed by atoms with Crippen molar-refractivity contribution in [1.29, 1.82) is 0 Å². The van der Waals surface area contributed by atoms with Crippen LogP contribution in [-0.4, -0.2) is 21.3 Å². The molecule has 1 aromatic carbocycles. The fourth-order valence-electron chi connectivity index (χ4n) is 1.50. The van der Waals surface area contributed by atoms with Gasteiger partial charge in [-0.05, 0) is 18.6 Å². The van der Waals surface area contributed by atoms with E-state index in [4.69, 9.17) is 21.2 Å².